The van der Waals surface area contributed by atoms with E-state index in [1.165, 1.54) is 18.2 Å². The Hall–Kier alpha value is -2.77. The van der Waals surface area contributed by atoms with Gasteiger partial charge in [0, 0.05) is 0 Å². The molecule has 0 saturated carbocycles. The summed E-state index contributed by atoms with van der Waals surface area (Å²) in [6.45, 7) is 12.9. The van der Waals surface area contributed by atoms with Gasteiger partial charge in [-0.05, 0) is 46.2 Å². The summed E-state index contributed by atoms with van der Waals surface area (Å²) in [7, 11) is 0. The second-order valence-corrected chi connectivity index (χ2v) is 10.2. The fraction of sp³-hybridized carbons (Fsp3) is 0.480. The zero-order chi connectivity index (χ0) is 23.8. The number of benzene rings is 2. The van der Waals surface area contributed by atoms with Crippen molar-refractivity contribution >= 4 is 5.97 Å². The van der Waals surface area contributed by atoms with Crippen LogP contribution in [0.1, 0.15) is 74.9 Å². The Morgan fingerprint density at radius 3 is 2.31 bits per heavy atom. The monoisotopic (exact) mass is 444 g/mol. The first-order chi connectivity index (χ1) is 14.8. The lowest BCUT2D eigenvalue weighted by molar-refractivity contribution is -0.0680. The molecule has 2 unspecified atom stereocenters. The molecule has 0 bridgehead atoms. The summed E-state index contributed by atoms with van der Waals surface area (Å²) in [5, 5.41) is 29.7. The van der Waals surface area contributed by atoms with Crippen LogP contribution in [0.15, 0.2) is 30.3 Å². The highest BCUT2D eigenvalue weighted by atomic mass is 16.7. The molecule has 7 nitrogen and oxygen atoms in total. The van der Waals surface area contributed by atoms with Crippen LogP contribution in [0.5, 0.6) is 17.2 Å². The van der Waals surface area contributed by atoms with E-state index in [9.17, 15) is 15.0 Å². The Morgan fingerprint density at radius 2 is 1.72 bits per heavy atom. The number of aromatic hydroxyl groups is 2. The zero-order valence-electron chi connectivity index (χ0n) is 19.4. The molecule has 1 saturated heterocycles. The van der Waals surface area contributed by atoms with Crippen LogP contribution < -0.4 is 4.74 Å². The first kappa shape index (κ1) is 23.9. The number of phenolic OH excluding ortho intramolecular Hbond substituents is 1. The van der Waals surface area contributed by atoms with Gasteiger partial charge in [0.1, 0.15) is 35.5 Å². The van der Waals surface area contributed by atoms with E-state index in [1.54, 1.807) is 6.07 Å². The minimum atomic E-state index is -1.24. The van der Waals surface area contributed by atoms with E-state index in [2.05, 4.69) is 47.6 Å². The molecule has 2 aromatic rings. The van der Waals surface area contributed by atoms with Gasteiger partial charge >= 0.3 is 5.97 Å². The molecule has 32 heavy (non-hydrogen) atoms. The standard InChI is InChI=1S/C25H32O7/c1-24(2,3)14-9-18(25(4,5)6)21(20(27)10-14)23-31-13-16(32-23)12-30-15-7-8-19(26)17(11-15)22(28)29/h7-11,16,23,26-27H,12-13H2,1-6H3,(H,28,29). The lowest BCUT2D eigenvalue weighted by atomic mass is 9.78. The van der Waals surface area contributed by atoms with Crippen LogP contribution in [0.3, 0.4) is 0 Å². The van der Waals surface area contributed by atoms with Gasteiger partial charge in [0.05, 0.1) is 12.2 Å². The van der Waals surface area contributed by atoms with E-state index in [1.807, 2.05) is 0 Å². The Balaban J connectivity index is 1.78. The normalized spacial score (nSPS) is 19.2. The molecular weight excluding hydrogens is 412 g/mol. The van der Waals surface area contributed by atoms with Gasteiger partial charge in [0.15, 0.2) is 6.29 Å². The Kier molecular flexibility index (Phi) is 6.45. The third kappa shape index (κ3) is 5.16. The van der Waals surface area contributed by atoms with Crippen LogP contribution in [0, 0.1) is 0 Å². The predicted octanol–water partition coefficient (Wildman–Crippen LogP) is 4.88. The van der Waals surface area contributed by atoms with Gasteiger partial charge in [-0.15, -0.1) is 0 Å². The van der Waals surface area contributed by atoms with Crippen LogP contribution in [0.25, 0.3) is 0 Å². The number of aromatic carboxylic acids is 1. The highest BCUT2D eigenvalue weighted by Crippen LogP contribution is 2.43. The predicted molar refractivity (Wildman–Crippen MR) is 120 cm³/mol. The second-order valence-electron chi connectivity index (χ2n) is 10.2. The van der Waals surface area contributed by atoms with E-state index in [-0.39, 0.29) is 41.1 Å². The molecule has 1 aliphatic rings. The summed E-state index contributed by atoms with van der Waals surface area (Å²) in [5.74, 6) is -1.12. The van der Waals surface area contributed by atoms with E-state index < -0.39 is 18.4 Å². The number of ether oxygens (including phenoxy) is 3. The fourth-order valence-corrected chi connectivity index (χ4v) is 3.59. The molecule has 3 rings (SSSR count). The van der Waals surface area contributed by atoms with Gasteiger partial charge in [-0.25, -0.2) is 4.79 Å². The lowest BCUT2D eigenvalue weighted by Gasteiger charge is -2.29. The Morgan fingerprint density at radius 1 is 1.03 bits per heavy atom. The highest BCUT2D eigenvalue weighted by molar-refractivity contribution is 5.91. The number of rotatable bonds is 5. The van der Waals surface area contributed by atoms with Crippen molar-refractivity contribution in [3.05, 3.63) is 52.6 Å². The molecular formula is C25H32O7. The molecule has 0 amide bonds. The Bertz CT molecular complexity index is 999. The molecule has 2 atom stereocenters. The largest absolute Gasteiger partial charge is 0.507 e. The topological polar surface area (TPSA) is 105 Å². The number of carbonyl (C=O) groups is 1. The van der Waals surface area contributed by atoms with Crippen LogP contribution in [-0.4, -0.2) is 40.6 Å². The molecule has 0 radical (unpaired) electrons. The average molecular weight is 445 g/mol. The van der Waals surface area contributed by atoms with Crippen molar-refractivity contribution in [2.45, 2.75) is 64.8 Å². The summed E-state index contributed by atoms with van der Waals surface area (Å²) >= 11 is 0. The third-order valence-electron chi connectivity index (χ3n) is 5.45. The minimum absolute atomic E-state index is 0.122. The molecule has 1 fully saturated rings. The molecule has 0 aromatic heterocycles. The van der Waals surface area contributed by atoms with Crippen LogP contribution in [-0.2, 0) is 20.3 Å². The summed E-state index contributed by atoms with van der Waals surface area (Å²) < 4.78 is 17.6. The number of hydrogen-bond donors (Lipinski definition) is 3. The smallest absolute Gasteiger partial charge is 0.339 e. The first-order valence-electron chi connectivity index (χ1n) is 10.6. The summed E-state index contributed by atoms with van der Waals surface area (Å²) in [6.07, 6.45) is -1.14. The minimum Gasteiger partial charge on any atom is -0.507 e. The first-order valence-corrected chi connectivity index (χ1v) is 10.6. The Labute approximate surface area is 188 Å². The third-order valence-corrected chi connectivity index (χ3v) is 5.45. The lowest BCUT2D eigenvalue weighted by Crippen LogP contribution is -2.22. The fourth-order valence-electron chi connectivity index (χ4n) is 3.59. The molecule has 174 valence electrons. The maximum Gasteiger partial charge on any atom is 0.339 e. The maximum absolute atomic E-state index is 11.2. The van der Waals surface area contributed by atoms with Gasteiger partial charge < -0.3 is 29.5 Å². The number of phenols is 2. The molecule has 7 heteroatoms. The van der Waals surface area contributed by atoms with E-state index in [0.29, 0.717) is 11.3 Å². The zero-order valence-corrected chi connectivity index (χ0v) is 19.4. The maximum atomic E-state index is 11.2. The number of hydrogen-bond acceptors (Lipinski definition) is 6. The van der Waals surface area contributed by atoms with Crippen molar-refractivity contribution in [3.8, 4) is 17.2 Å². The SMILES string of the molecule is CC(C)(C)c1cc(O)c(C2OCC(COc3ccc(O)c(C(=O)O)c3)O2)c(C(C)(C)C)c1. The highest BCUT2D eigenvalue weighted by Gasteiger charge is 2.35. The van der Waals surface area contributed by atoms with Crippen molar-refractivity contribution in [3.63, 3.8) is 0 Å². The van der Waals surface area contributed by atoms with Crippen LogP contribution >= 0.6 is 0 Å². The summed E-state index contributed by atoms with van der Waals surface area (Å²) in [5.41, 5.74) is 2.01. The van der Waals surface area contributed by atoms with Gasteiger partial charge in [0.2, 0.25) is 0 Å². The summed E-state index contributed by atoms with van der Waals surface area (Å²) in [6, 6.07) is 7.90. The average Bonchev–Trinajstić information content (AvgIpc) is 3.13. The van der Waals surface area contributed by atoms with Crippen molar-refractivity contribution in [1.82, 2.24) is 0 Å². The van der Waals surface area contributed by atoms with Gasteiger partial charge in [-0.3, -0.25) is 0 Å². The number of carboxylic acid groups (broad SMARTS) is 1. The van der Waals surface area contributed by atoms with E-state index >= 15 is 0 Å². The molecule has 3 N–H and O–H groups in total. The molecule has 0 aliphatic carbocycles. The van der Waals surface area contributed by atoms with Crippen molar-refractivity contribution in [2.24, 2.45) is 0 Å². The second kappa shape index (κ2) is 8.64. The number of carboxylic acids is 1. The quantitative estimate of drug-likeness (QED) is 0.603. The van der Waals surface area contributed by atoms with Crippen molar-refractivity contribution in [1.29, 1.82) is 0 Å². The van der Waals surface area contributed by atoms with E-state index in [0.717, 1.165) is 11.1 Å². The van der Waals surface area contributed by atoms with Gasteiger partial charge in [0.25, 0.3) is 0 Å². The van der Waals surface area contributed by atoms with E-state index in [4.69, 9.17) is 19.3 Å². The van der Waals surface area contributed by atoms with Gasteiger partial charge in [-0.1, -0.05) is 47.6 Å². The molecule has 0 spiro atoms. The molecule has 1 aliphatic heterocycles. The van der Waals surface area contributed by atoms with Crippen molar-refractivity contribution < 1.29 is 34.3 Å². The molecule has 1 heterocycles. The van der Waals surface area contributed by atoms with Crippen molar-refractivity contribution in [2.75, 3.05) is 13.2 Å². The van der Waals surface area contributed by atoms with Crippen LogP contribution in [0.4, 0.5) is 0 Å². The molecule has 2 aromatic carbocycles. The van der Waals surface area contributed by atoms with Crippen LogP contribution in [0.2, 0.25) is 0 Å². The van der Waals surface area contributed by atoms with Gasteiger partial charge in [-0.2, -0.15) is 0 Å². The summed E-state index contributed by atoms with van der Waals surface area (Å²) in [4.78, 5) is 11.2.